The smallest absolute Gasteiger partial charge is 0.306 e. The van der Waals surface area contributed by atoms with Crippen LogP contribution in [0.25, 0.3) is 0 Å². The van der Waals surface area contributed by atoms with Crippen molar-refractivity contribution < 1.29 is 19.1 Å². The van der Waals surface area contributed by atoms with Crippen LogP contribution in [0.5, 0.6) is 0 Å². The number of methoxy groups -OCH3 is 1. The molecule has 0 aliphatic carbocycles. The average Bonchev–Trinajstić information content (AvgIpc) is 2.76. The van der Waals surface area contributed by atoms with Gasteiger partial charge in [-0.1, -0.05) is 0 Å². The Morgan fingerprint density at radius 1 is 1.40 bits per heavy atom. The van der Waals surface area contributed by atoms with Crippen molar-refractivity contribution in [1.29, 1.82) is 0 Å². The number of ether oxygens (including phenoxy) is 2. The maximum Gasteiger partial charge on any atom is 0.306 e. The normalized spacial score (nSPS) is 10.6. The van der Waals surface area contributed by atoms with E-state index in [1.807, 2.05) is 0 Å². The fraction of sp³-hybridized carbons (Fsp3) is 0.615. The van der Waals surface area contributed by atoms with E-state index >= 15 is 0 Å². The molecule has 1 heterocycles. The number of Topliss-reactive ketones (excluding diaryl/α,β-unsaturated/α-hetero) is 1. The first-order valence-corrected chi connectivity index (χ1v) is 7.24. The fourth-order valence-corrected chi connectivity index (χ4v) is 2.12. The number of rotatable bonds is 9. The third-order valence-corrected chi connectivity index (χ3v) is 3.35. The molecule has 0 saturated heterocycles. The monoisotopic (exact) mass is 346 g/mol. The van der Waals surface area contributed by atoms with Crippen LogP contribution in [-0.2, 0) is 32.0 Å². The molecule has 1 rings (SSSR count). The highest BCUT2D eigenvalue weighted by atomic mass is 79.9. The number of carbonyl (C=O) groups excluding carboxylic acids is 2. The topological polar surface area (TPSA) is 70.4 Å². The highest BCUT2D eigenvalue weighted by Crippen LogP contribution is 2.17. The zero-order valence-corrected chi connectivity index (χ0v) is 13.3. The number of hydrogen-bond donors (Lipinski definition) is 0. The first-order valence-electron chi connectivity index (χ1n) is 6.44. The Kier molecular flexibility index (Phi) is 7.46. The van der Waals surface area contributed by atoms with Crippen molar-refractivity contribution in [3.63, 3.8) is 0 Å². The molecular weight excluding hydrogens is 328 g/mol. The molecule has 0 unspecified atom stereocenters. The average molecular weight is 347 g/mol. The molecule has 0 saturated carbocycles. The molecule has 0 amide bonds. The summed E-state index contributed by atoms with van der Waals surface area (Å²) in [6, 6.07) is 0. The summed E-state index contributed by atoms with van der Waals surface area (Å²) < 4.78 is 12.3. The number of esters is 1. The number of carbonyl (C=O) groups is 2. The van der Waals surface area contributed by atoms with Gasteiger partial charge >= 0.3 is 5.97 Å². The minimum atomic E-state index is -0.340. The molecule has 1 aromatic heterocycles. The molecule has 0 radical (unpaired) electrons. The highest BCUT2D eigenvalue weighted by molar-refractivity contribution is 9.10. The zero-order valence-electron chi connectivity index (χ0n) is 11.7. The lowest BCUT2D eigenvalue weighted by atomic mass is 10.1. The summed E-state index contributed by atoms with van der Waals surface area (Å²) in [5, 5.41) is 4.18. The van der Waals surface area contributed by atoms with E-state index < -0.39 is 0 Å². The number of aromatic nitrogens is 2. The van der Waals surface area contributed by atoms with Gasteiger partial charge in [0.1, 0.15) is 5.78 Å². The molecule has 6 nitrogen and oxygen atoms in total. The first kappa shape index (κ1) is 16.8. The summed E-state index contributed by atoms with van der Waals surface area (Å²) in [5.41, 5.74) is 0.802. The van der Waals surface area contributed by atoms with E-state index in [9.17, 15) is 9.59 Å². The molecular formula is C13H19BrN2O4. The van der Waals surface area contributed by atoms with E-state index in [4.69, 9.17) is 9.47 Å². The van der Waals surface area contributed by atoms with Gasteiger partial charge in [-0.3, -0.25) is 14.3 Å². The lowest BCUT2D eigenvalue weighted by Gasteiger charge is -2.07. The molecule has 1 aromatic rings. The van der Waals surface area contributed by atoms with Gasteiger partial charge in [0, 0.05) is 20.0 Å². The lowest BCUT2D eigenvalue weighted by Crippen LogP contribution is -2.14. The standard InChI is InChI=1S/C13H19BrN2O4/c1-3-20-13(18)5-4-10(17)8-12-11(14)9-15-16(12)6-7-19-2/h9H,3-8H2,1-2H3. The molecule has 0 atom stereocenters. The van der Waals surface area contributed by atoms with Gasteiger partial charge in [0.25, 0.3) is 0 Å². The van der Waals surface area contributed by atoms with E-state index in [0.717, 1.165) is 10.2 Å². The van der Waals surface area contributed by atoms with E-state index in [-0.39, 0.29) is 31.0 Å². The molecule has 0 aliphatic rings. The van der Waals surface area contributed by atoms with Gasteiger partial charge in [0.2, 0.25) is 0 Å². The number of nitrogens with zero attached hydrogens (tertiary/aromatic N) is 2. The molecule has 0 fully saturated rings. The lowest BCUT2D eigenvalue weighted by molar-refractivity contribution is -0.144. The molecule has 7 heteroatoms. The van der Waals surface area contributed by atoms with Crippen molar-refractivity contribution in [2.75, 3.05) is 20.3 Å². The zero-order chi connectivity index (χ0) is 15.0. The summed E-state index contributed by atoms with van der Waals surface area (Å²) >= 11 is 3.37. The Morgan fingerprint density at radius 2 is 2.15 bits per heavy atom. The third kappa shape index (κ3) is 5.42. The predicted octanol–water partition coefficient (Wildman–Crippen LogP) is 1.75. The van der Waals surface area contributed by atoms with Crippen LogP contribution in [0.1, 0.15) is 25.5 Å². The van der Waals surface area contributed by atoms with Crippen LogP contribution in [-0.4, -0.2) is 41.9 Å². The van der Waals surface area contributed by atoms with Crippen LogP contribution >= 0.6 is 15.9 Å². The van der Waals surface area contributed by atoms with E-state index in [0.29, 0.717) is 19.8 Å². The Bertz CT molecular complexity index is 459. The van der Waals surface area contributed by atoms with Gasteiger partial charge in [-0.25, -0.2) is 0 Å². The Balaban J connectivity index is 2.52. The van der Waals surface area contributed by atoms with Gasteiger partial charge in [-0.05, 0) is 22.9 Å². The van der Waals surface area contributed by atoms with Crippen LogP contribution in [0.4, 0.5) is 0 Å². The van der Waals surface area contributed by atoms with Crippen molar-refractivity contribution in [2.24, 2.45) is 0 Å². The maximum atomic E-state index is 11.9. The van der Waals surface area contributed by atoms with E-state index in [1.54, 1.807) is 24.9 Å². The van der Waals surface area contributed by atoms with Gasteiger partial charge in [0.15, 0.2) is 0 Å². The van der Waals surface area contributed by atoms with E-state index in [1.165, 1.54) is 0 Å². The minimum Gasteiger partial charge on any atom is -0.466 e. The van der Waals surface area contributed by atoms with Gasteiger partial charge < -0.3 is 9.47 Å². The van der Waals surface area contributed by atoms with Crippen LogP contribution in [0, 0.1) is 0 Å². The summed E-state index contributed by atoms with van der Waals surface area (Å²) in [4.78, 5) is 23.1. The Labute approximate surface area is 126 Å². The number of hydrogen-bond acceptors (Lipinski definition) is 5. The first-order chi connectivity index (χ1) is 9.58. The Hall–Kier alpha value is -1.21. The van der Waals surface area contributed by atoms with Gasteiger partial charge in [0.05, 0.1) is 42.5 Å². The summed E-state index contributed by atoms with van der Waals surface area (Å²) in [6.45, 7) is 3.19. The summed E-state index contributed by atoms with van der Waals surface area (Å²) in [7, 11) is 1.61. The number of halogens is 1. The SMILES string of the molecule is CCOC(=O)CCC(=O)Cc1c(Br)cnn1CCOC. The van der Waals surface area contributed by atoms with Crippen molar-refractivity contribution in [3.05, 3.63) is 16.4 Å². The van der Waals surface area contributed by atoms with Crippen molar-refractivity contribution >= 4 is 27.7 Å². The molecule has 0 aliphatic heterocycles. The maximum absolute atomic E-state index is 11.9. The van der Waals surface area contributed by atoms with Crippen molar-refractivity contribution in [2.45, 2.75) is 32.7 Å². The second-order valence-electron chi connectivity index (χ2n) is 4.18. The molecule has 0 spiro atoms. The van der Waals surface area contributed by atoms with Crippen molar-refractivity contribution in [1.82, 2.24) is 9.78 Å². The van der Waals surface area contributed by atoms with Crippen LogP contribution < -0.4 is 0 Å². The summed E-state index contributed by atoms with van der Waals surface area (Å²) in [5.74, 6) is -0.356. The van der Waals surface area contributed by atoms with Gasteiger partial charge in [-0.2, -0.15) is 5.10 Å². The van der Waals surface area contributed by atoms with Crippen molar-refractivity contribution in [3.8, 4) is 0 Å². The Morgan fingerprint density at radius 3 is 2.80 bits per heavy atom. The van der Waals surface area contributed by atoms with Gasteiger partial charge in [-0.15, -0.1) is 0 Å². The second-order valence-corrected chi connectivity index (χ2v) is 5.03. The largest absolute Gasteiger partial charge is 0.466 e. The van der Waals surface area contributed by atoms with Crippen LogP contribution in [0.2, 0.25) is 0 Å². The van der Waals surface area contributed by atoms with E-state index in [2.05, 4.69) is 21.0 Å². The predicted molar refractivity (Wildman–Crippen MR) is 76.4 cm³/mol. The molecule has 0 bridgehead atoms. The molecule has 0 N–H and O–H groups in total. The fourth-order valence-electron chi connectivity index (χ4n) is 1.68. The molecule has 112 valence electrons. The van der Waals surface area contributed by atoms with Crippen LogP contribution in [0.15, 0.2) is 10.7 Å². The second kappa shape index (κ2) is 8.86. The number of ketones is 1. The third-order valence-electron chi connectivity index (χ3n) is 2.68. The molecule has 20 heavy (non-hydrogen) atoms. The van der Waals surface area contributed by atoms with Crippen LogP contribution in [0.3, 0.4) is 0 Å². The highest BCUT2D eigenvalue weighted by Gasteiger charge is 2.14. The minimum absolute atomic E-state index is 0.0158. The quantitative estimate of drug-likeness (QED) is 0.637. The molecule has 0 aromatic carbocycles. The summed E-state index contributed by atoms with van der Waals surface area (Å²) in [6.07, 6.45) is 2.20.